The van der Waals surface area contributed by atoms with E-state index in [1.165, 1.54) is 11.9 Å². The second-order valence-electron chi connectivity index (χ2n) is 10.2. The second-order valence-corrected chi connectivity index (χ2v) is 10.2. The van der Waals surface area contributed by atoms with Gasteiger partial charge in [-0.15, -0.1) is 13.2 Å². The fraction of sp³-hybridized carbons (Fsp3) is 0.407. The van der Waals surface area contributed by atoms with Crippen LogP contribution >= 0.6 is 0 Å². The lowest BCUT2D eigenvalue weighted by Crippen LogP contribution is -2.52. The van der Waals surface area contributed by atoms with E-state index in [-0.39, 0.29) is 36.8 Å². The van der Waals surface area contributed by atoms with E-state index < -0.39 is 47.2 Å². The number of amides is 3. The van der Waals surface area contributed by atoms with Crippen LogP contribution < -0.4 is 10.1 Å². The minimum atomic E-state index is -5.11. The van der Waals surface area contributed by atoms with E-state index in [2.05, 4.69) is 16.1 Å². The Morgan fingerprint density at radius 3 is 2.56 bits per heavy atom. The molecule has 0 aliphatic carbocycles. The third-order valence-electron chi connectivity index (χ3n) is 7.09. The second kappa shape index (κ2) is 10.2. The zero-order chi connectivity index (χ0) is 28.7. The molecule has 0 saturated carbocycles. The molecule has 0 aromatic heterocycles. The first-order valence-corrected chi connectivity index (χ1v) is 12.2. The van der Waals surface area contributed by atoms with Gasteiger partial charge in [-0.25, -0.2) is 4.39 Å². The number of fused-ring (bicyclic) bond motifs is 2. The third-order valence-corrected chi connectivity index (χ3v) is 7.09. The number of likely N-dealkylation sites (tertiary alicyclic amines) is 1. The van der Waals surface area contributed by atoms with Crippen molar-refractivity contribution in [1.29, 1.82) is 5.26 Å². The molecular formula is C27H26F4N4O4. The van der Waals surface area contributed by atoms with Crippen molar-refractivity contribution >= 4 is 23.4 Å². The number of benzene rings is 2. The van der Waals surface area contributed by atoms with Gasteiger partial charge >= 0.3 is 6.36 Å². The van der Waals surface area contributed by atoms with Gasteiger partial charge in [-0.3, -0.25) is 14.4 Å². The lowest BCUT2D eigenvalue weighted by molar-refractivity contribution is -0.275. The number of hydrogen-bond acceptors (Lipinski definition) is 5. The number of anilines is 1. The molecule has 39 heavy (non-hydrogen) atoms. The SMILES string of the molecule is CC(C)C[C@@H](C(=O)N1C[C@]2(C[C@H]1C#N)C(=O)Nc1ccccc12)N(C)C(=O)c1ccc(OC(F)(F)F)c(F)c1. The molecule has 8 nitrogen and oxygen atoms in total. The van der Waals surface area contributed by atoms with Crippen LogP contribution in [0.3, 0.4) is 0 Å². The average molecular weight is 547 g/mol. The summed E-state index contributed by atoms with van der Waals surface area (Å²) in [7, 11) is 1.33. The number of nitrogens with one attached hydrogen (secondary N) is 1. The van der Waals surface area contributed by atoms with E-state index >= 15 is 0 Å². The summed E-state index contributed by atoms with van der Waals surface area (Å²) < 4.78 is 55.4. The van der Waals surface area contributed by atoms with Crippen LogP contribution in [0.4, 0.5) is 23.2 Å². The summed E-state index contributed by atoms with van der Waals surface area (Å²) in [6.07, 6.45) is -4.85. The highest BCUT2D eigenvalue weighted by Gasteiger charge is 2.56. The zero-order valence-electron chi connectivity index (χ0n) is 21.4. The van der Waals surface area contributed by atoms with E-state index in [0.29, 0.717) is 23.4 Å². The average Bonchev–Trinajstić information content (AvgIpc) is 3.39. The van der Waals surface area contributed by atoms with Crippen LogP contribution in [0.15, 0.2) is 42.5 Å². The highest BCUT2D eigenvalue weighted by Crippen LogP contribution is 2.46. The summed E-state index contributed by atoms with van der Waals surface area (Å²) in [4.78, 5) is 42.6. The molecule has 1 N–H and O–H groups in total. The Bertz CT molecular complexity index is 1360. The Morgan fingerprint density at radius 2 is 1.95 bits per heavy atom. The number of likely N-dealkylation sites (N-methyl/N-ethyl adjacent to an activating group) is 1. The van der Waals surface area contributed by atoms with E-state index in [0.717, 1.165) is 11.0 Å². The van der Waals surface area contributed by atoms with Gasteiger partial charge in [0.2, 0.25) is 11.8 Å². The maximum Gasteiger partial charge on any atom is 0.573 e. The number of alkyl halides is 3. The molecule has 0 radical (unpaired) electrons. The molecule has 2 aromatic rings. The topological polar surface area (TPSA) is 103 Å². The number of rotatable bonds is 6. The first-order chi connectivity index (χ1) is 18.3. The normalized spacial score (nSPS) is 20.9. The number of nitriles is 1. The summed E-state index contributed by atoms with van der Waals surface area (Å²) >= 11 is 0. The van der Waals surface area contributed by atoms with Crippen LogP contribution in [-0.4, -0.2) is 59.6 Å². The Balaban J connectivity index is 1.62. The zero-order valence-corrected chi connectivity index (χ0v) is 21.4. The molecule has 2 heterocycles. The molecule has 2 aliphatic heterocycles. The van der Waals surface area contributed by atoms with Crippen LogP contribution in [-0.2, 0) is 15.0 Å². The van der Waals surface area contributed by atoms with Gasteiger partial charge < -0.3 is 19.9 Å². The number of halogens is 4. The number of nitrogens with zero attached hydrogens (tertiary/aromatic N) is 3. The highest BCUT2D eigenvalue weighted by molar-refractivity contribution is 6.07. The van der Waals surface area contributed by atoms with Crippen molar-refractivity contribution in [1.82, 2.24) is 9.80 Å². The van der Waals surface area contributed by atoms with Crippen molar-refractivity contribution in [3.05, 3.63) is 59.4 Å². The molecule has 206 valence electrons. The Hall–Kier alpha value is -4.14. The van der Waals surface area contributed by atoms with Crippen molar-refractivity contribution in [2.24, 2.45) is 5.92 Å². The molecule has 3 amide bonds. The summed E-state index contributed by atoms with van der Waals surface area (Å²) in [6.45, 7) is 3.59. The third kappa shape index (κ3) is 5.26. The molecule has 1 saturated heterocycles. The van der Waals surface area contributed by atoms with Crippen molar-refractivity contribution in [3.8, 4) is 11.8 Å². The molecule has 1 fully saturated rings. The number of carbonyl (C=O) groups is 3. The van der Waals surface area contributed by atoms with Crippen molar-refractivity contribution in [2.75, 3.05) is 18.9 Å². The molecule has 2 aliphatic rings. The standard InChI is InChI=1S/C27H26F4N4O4/c1-15(2)10-21(34(3)23(36)16-8-9-22(19(28)11-16)39-27(29,30)31)24(37)35-14-26(12-17(35)13-32)18-6-4-5-7-20(18)33-25(26)38/h4-9,11,15,17,21H,10,12,14H2,1-3H3,(H,33,38)/t17-,21-,26-/m0/s1. The number of ether oxygens (including phenoxy) is 1. The lowest BCUT2D eigenvalue weighted by Gasteiger charge is -2.33. The maximum atomic E-state index is 14.3. The monoisotopic (exact) mass is 546 g/mol. The van der Waals surface area contributed by atoms with E-state index in [1.54, 1.807) is 24.3 Å². The summed E-state index contributed by atoms with van der Waals surface area (Å²) in [5.41, 5.74) is -0.105. The van der Waals surface area contributed by atoms with Crippen molar-refractivity contribution < 1.29 is 36.7 Å². The minimum Gasteiger partial charge on any atom is -0.403 e. The Kier molecular flexibility index (Phi) is 7.29. The van der Waals surface area contributed by atoms with Crippen LogP contribution in [0.25, 0.3) is 0 Å². The first kappa shape index (κ1) is 27.9. The Labute approximate surface area is 222 Å². The predicted octanol–water partition coefficient (Wildman–Crippen LogP) is 4.23. The summed E-state index contributed by atoms with van der Waals surface area (Å²) in [5.74, 6) is -4.25. The maximum absolute atomic E-state index is 14.3. The van der Waals surface area contributed by atoms with Gasteiger partial charge in [-0.2, -0.15) is 5.26 Å². The first-order valence-electron chi connectivity index (χ1n) is 12.2. The van der Waals surface area contributed by atoms with E-state index in [1.807, 2.05) is 13.8 Å². The molecular weight excluding hydrogens is 520 g/mol. The molecule has 12 heteroatoms. The van der Waals surface area contributed by atoms with E-state index in [4.69, 9.17) is 0 Å². The van der Waals surface area contributed by atoms with Crippen LogP contribution in [0.1, 0.15) is 42.6 Å². The van der Waals surface area contributed by atoms with Crippen LogP contribution in [0.2, 0.25) is 0 Å². The van der Waals surface area contributed by atoms with Gasteiger partial charge in [0.05, 0.1) is 11.5 Å². The molecule has 2 aromatic carbocycles. The molecule has 1 spiro atoms. The highest BCUT2D eigenvalue weighted by atomic mass is 19.4. The smallest absolute Gasteiger partial charge is 0.403 e. The fourth-order valence-corrected chi connectivity index (χ4v) is 5.23. The van der Waals surface area contributed by atoms with Gasteiger partial charge in [0.1, 0.15) is 12.1 Å². The van der Waals surface area contributed by atoms with E-state index in [9.17, 15) is 37.2 Å². The van der Waals surface area contributed by atoms with Gasteiger partial charge in [-0.05, 0) is 42.2 Å². The van der Waals surface area contributed by atoms with Crippen LogP contribution in [0, 0.1) is 23.1 Å². The Morgan fingerprint density at radius 1 is 1.26 bits per heavy atom. The molecule has 3 atom stereocenters. The largest absolute Gasteiger partial charge is 0.573 e. The number of carbonyl (C=O) groups excluding carboxylic acids is 3. The van der Waals surface area contributed by atoms with Crippen molar-refractivity contribution in [2.45, 2.75) is 50.6 Å². The van der Waals surface area contributed by atoms with Crippen molar-refractivity contribution in [3.63, 3.8) is 0 Å². The molecule has 4 rings (SSSR count). The molecule has 0 unspecified atom stereocenters. The fourth-order valence-electron chi connectivity index (χ4n) is 5.23. The molecule has 0 bridgehead atoms. The number of hydrogen-bond donors (Lipinski definition) is 1. The van der Waals surface area contributed by atoms with Crippen LogP contribution in [0.5, 0.6) is 5.75 Å². The van der Waals surface area contributed by atoms with Gasteiger partial charge in [0, 0.05) is 31.3 Å². The minimum absolute atomic E-state index is 0.0678. The summed E-state index contributed by atoms with van der Waals surface area (Å²) in [6, 6.07) is 9.40. The number of para-hydroxylation sites is 1. The van der Waals surface area contributed by atoms with Gasteiger partial charge in [-0.1, -0.05) is 32.0 Å². The quantitative estimate of drug-likeness (QED) is 0.547. The summed E-state index contributed by atoms with van der Waals surface area (Å²) in [5, 5.41) is 12.7. The predicted molar refractivity (Wildman–Crippen MR) is 131 cm³/mol. The lowest BCUT2D eigenvalue weighted by atomic mass is 9.80. The van der Waals surface area contributed by atoms with Gasteiger partial charge in [0.25, 0.3) is 5.91 Å². The van der Waals surface area contributed by atoms with Gasteiger partial charge in [0.15, 0.2) is 11.6 Å².